The molecule has 5 rings (SSSR count). The molecule has 120 valence electrons. The third kappa shape index (κ3) is 2.17. The molecule has 0 radical (unpaired) electrons. The summed E-state index contributed by atoms with van der Waals surface area (Å²) in [4.78, 5) is 17.3. The van der Waals surface area contributed by atoms with E-state index in [9.17, 15) is 0 Å². The lowest BCUT2D eigenvalue weighted by atomic mass is 10.2. The monoisotopic (exact) mass is 347 g/mol. The summed E-state index contributed by atoms with van der Waals surface area (Å²) in [6.07, 6.45) is 6.92. The molecule has 0 fully saturated rings. The quantitative estimate of drug-likeness (QED) is 0.458. The second-order valence-corrected chi connectivity index (χ2v) is 5.77. The first kappa shape index (κ1) is 14.1. The molecule has 4 heterocycles. The van der Waals surface area contributed by atoms with Crippen molar-refractivity contribution in [3.8, 4) is 11.5 Å². The SMILES string of the molecule is Clc1nc(-n2ncc3ccccc32)c2ncn(-c3cccnc3)c2n1. The van der Waals surface area contributed by atoms with Gasteiger partial charge in [-0.15, -0.1) is 0 Å². The van der Waals surface area contributed by atoms with Crippen molar-refractivity contribution < 1.29 is 0 Å². The Kier molecular flexibility index (Phi) is 3.01. The number of imidazole rings is 1. The van der Waals surface area contributed by atoms with E-state index in [4.69, 9.17) is 11.6 Å². The summed E-state index contributed by atoms with van der Waals surface area (Å²) in [6, 6.07) is 11.7. The molecule has 0 atom stereocenters. The zero-order valence-corrected chi connectivity index (χ0v) is 13.5. The second-order valence-electron chi connectivity index (χ2n) is 5.43. The molecule has 0 unspecified atom stereocenters. The van der Waals surface area contributed by atoms with Crippen molar-refractivity contribution in [1.82, 2.24) is 34.3 Å². The van der Waals surface area contributed by atoms with Crippen molar-refractivity contribution >= 4 is 33.7 Å². The van der Waals surface area contributed by atoms with Crippen LogP contribution >= 0.6 is 11.6 Å². The number of halogens is 1. The van der Waals surface area contributed by atoms with Crippen LogP contribution in [0.2, 0.25) is 5.28 Å². The van der Waals surface area contributed by atoms with Crippen LogP contribution in [-0.4, -0.2) is 34.3 Å². The lowest BCUT2D eigenvalue weighted by Crippen LogP contribution is -2.03. The van der Waals surface area contributed by atoms with E-state index in [0.717, 1.165) is 16.6 Å². The Morgan fingerprint density at radius 3 is 2.76 bits per heavy atom. The summed E-state index contributed by atoms with van der Waals surface area (Å²) in [5.41, 5.74) is 2.98. The van der Waals surface area contributed by atoms with Crippen molar-refractivity contribution in [3.63, 3.8) is 0 Å². The first-order valence-corrected chi connectivity index (χ1v) is 7.93. The second kappa shape index (κ2) is 5.35. The molecule has 0 N–H and O–H groups in total. The van der Waals surface area contributed by atoms with Crippen molar-refractivity contribution in [3.05, 3.63) is 66.6 Å². The third-order valence-electron chi connectivity index (χ3n) is 3.95. The van der Waals surface area contributed by atoms with Crippen LogP contribution in [0.15, 0.2) is 61.3 Å². The van der Waals surface area contributed by atoms with Crippen molar-refractivity contribution in [2.24, 2.45) is 0 Å². The van der Waals surface area contributed by atoms with Gasteiger partial charge in [0.1, 0.15) is 6.33 Å². The number of fused-ring (bicyclic) bond motifs is 2. The van der Waals surface area contributed by atoms with Gasteiger partial charge in [0.05, 0.1) is 23.6 Å². The van der Waals surface area contributed by atoms with E-state index < -0.39 is 0 Å². The van der Waals surface area contributed by atoms with Gasteiger partial charge in [-0.05, 0) is 29.8 Å². The molecule has 0 spiro atoms. The van der Waals surface area contributed by atoms with Crippen LogP contribution in [-0.2, 0) is 0 Å². The largest absolute Gasteiger partial charge is 0.282 e. The number of hydrogen-bond acceptors (Lipinski definition) is 5. The highest BCUT2D eigenvalue weighted by molar-refractivity contribution is 6.28. The fourth-order valence-electron chi connectivity index (χ4n) is 2.83. The lowest BCUT2D eigenvalue weighted by Gasteiger charge is -2.06. The summed E-state index contributed by atoms with van der Waals surface area (Å²) < 4.78 is 3.55. The maximum atomic E-state index is 6.19. The highest BCUT2D eigenvalue weighted by Gasteiger charge is 2.17. The number of hydrogen-bond donors (Lipinski definition) is 0. The molecule has 5 aromatic rings. The topological polar surface area (TPSA) is 74.3 Å². The molecule has 7 nitrogen and oxygen atoms in total. The Bertz CT molecular complexity index is 1210. The van der Waals surface area contributed by atoms with Crippen molar-refractivity contribution in [2.45, 2.75) is 0 Å². The molecule has 0 aliphatic carbocycles. The zero-order chi connectivity index (χ0) is 16.8. The van der Waals surface area contributed by atoms with Gasteiger partial charge in [-0.25, -0.2) is 9.67 Å². The van der Waals surface area contributed by atoms with Crippen LogP contribution in [0, 0.1) is 0 Å². The maximum absolute atomic E-state index is 6.19. The number of aromatic nitrogens is 7. The maximum Gasteiger partial charge on any atom is 0.226 e. The van der Waals surface area contributed by atoms with Gasteiger partial charge in [0.25, 0.3) is 0 Å². The average molecular weight is 348 g/mol. The zero-order valence-electron chi connectivity index (χ0n) is 12.8. The minimum Gasteiger partial charge on any atom is -0.282 e. The third-order valence-corrected chi connectivity index (χ3v) is 4.12. The Morgan fingerprint density at radius 1 is 0.960 bits per heavy atom. The molecular formula is C17H10ClN7. The van der Waals surface area contributed by atoms with Gasteiger partial charge in [0.15, 0.2) is 17.0 Å². The molecule has 25 heavy (non-hydrogen) atoms. The molecular weight excluding hydrogens is 338 g/mol. The molecule has 0 bridgehead atoms. The molecule has 0 aliphatic heterocycles. The van der Waals surface area contributed by atoms with Gasteiger partial charge in [0.2, 0.25) is 5.28 Å². The first-order valence-electron chi connectivity index (χ1n) is 7.55. The van der Waals surface area contributed by atoms with Crippen LogP contribution < -0.4 is 0 Å². The van der Waals surface area contributed by atoms with Crippen LogP contribution in [0.5, 0.6) is 0 Å². The highest BCUT2D eigenvalue weighted by Crippen LogP contribution is 2.25. The van der Waals surface area contributed by atoms with Gasteiger partial charge < -0.3 is 0 Å². The highest BCUT2D eigenvalue weighted by atomic mass is 35.5. The molecule has 0 saturated heterocycles. The number of para-hydroxylation sites is 1. The van der Waals surface area contributed by atoms with Crippen LogP contribution in [0.3, 0.4) is 0 Å². The van der Waals surface area contributed by atoms with E-state index in [1.54, 1.807) is 29.6 Å². The number of pyridine rings is 1. The van der Waals surface area contributed by atoms with E-state index >= 15 is 0 Å². The smallest absolute Gasteiger partial charge is 0.226 e. The molecule has 0 aliphatic rings. The molecule has 8 heteroatoms. The van der Waals surface area contributed by atoms with Gasteiger partial charge in [-0.1, -0.05) is 18.2 Å². The van der Waals surface area contributed by atoms with E-state index in [-0.39, 0.29) is 5.28 Å². The van der Waals surface area contributed by atoms with Gasteiger partial charge in [0, 0.05) is 11.6 Å². The summed E-state index contributed by atoms with van der Waals surface area (Å²) >= 11 is 6.19. The summed E-state index contributed by atoms with van der Waals surface area (Å²) in [5.74, 6) is 0.541. The molecule has 1 aromatic carbocycles. The van der Waals surface area contributed by atoms with Gasteiger partial charge >= 0.3 is 0 Å². The number of rotatable bonds is 2. The summed E-state index contributed by atoms with van der Waals surface area (Å²) in [6.45, 7) is 0. The Hall–Kier alpha value is -3.32. The normalized spacial score (nSPS) is 11.4. The van der Waals surface area contributed by atoms with Crippen LogP contribution in [0.1, 0.15) is 0 Å². The van der Waals surface area contributed by atoms with Gasteiger partial charge in [-0.3, -0.25) is 9.55 Å². The van der Waals surface area contributed by atoms with Crippen molar-refractivity contribution in [1.29, 1.82) is 0 Å². The Labute approximate surface area is 146 Å². The fourth-order valence-corrected chi connectivity index (χ4v) is 2.99. The minimum atomic E-state index is 0.132. The predicted octanol–water partition coefficient (Wildman–Crippen LogP) is 3.20. The van der Waals surface area contributed by atoms with Gasteiger partial charge in [-0.2, -0.15) is 15.1 Å². The van der Waals surface area contributed by atoms with Crippen LogP contribution in [0.25, 0.3) is 33.6 Å². The fraction of sp³-hybridized carbons (Fsp3) is 0. The number of nitrogens with zero attached hydrogens (tertiary/aromatic N) is 7. The van der Waals surface area contributed by atoms with E-state index in [1.807, 2.05) is 41.0 Å². The standard InChI is InChI=1S/C17H10ClN7/c18-17-22-15-14(20-10-24(15)12-5-3-7-19-9-12)16(23-17)25-13-6-2-1-4-11(13)8-21-25/h1-10H. The number of benzene rings is 1. The van der Waals surface area contributed by atoms with Crippen molar-refractivity contribution in [2.75, 3.05) is 0 Å². The molecule has 4 aromatic heterocycles. The Balaban J connectivity index is 1.81. The lowest BCUT2D eigenvalue weighted by molar-refractivity contribution is 0.875. The van der Waals surface area contributed by atoms with Crippen LogP contribution in [0.4, 0.5) is 0 Å². The molecule has 0 amide bonds. The van der Waals surface area contributed by atoms with E-state index in [1.165, 1.54) is 0 Å². The predicted molar refractivity (Wildman–Crippen MR) is 94.1 cm³/mol. The Morgan fingerprint density at radius 2 is 1.88 bits per heavy atom. The minimum absolute atomic E-state index is 0.132. The summed E-state index contributed by atoms with van der Waals surface area (Å²) in [5, 5.41) is 5.59. The summed E-state index contributed by atoms with van der Waals surface area (Å²) in [7, 11) is 0. The van der Waals surface area contributed by atoms with E-state index in [0.29, 0.717) is 17.0 Å². The molecule has 0 saturated carbocycles. The average Bonchev–Trinajstić information content (AvgIpc) is 3.26. The van der Waals surface area contributed by atoms with E-state index in [2.05, 4.69) is 25.0 Å². The first-order chi connectivity index (χ1) is 12.3.